The molecule has 0 heterocycles. The molecular weight excluding hydrogens is 317 g/mol. The number of benzene rings is 1. The van der Waals surface area contributed by atoms with E-state index in [4.69, 9.17) is 46.4 Å². The Hall–Kier alpha value is 1.29. The summed E-state index contributed by atoms with van der Waals surface area (Å²) in [6.45, 7) is 0. The Morgan fingerprint density at radius 3 is 1.87 bits per heavy atom. The van der Waals surface area contributed by atoms with E-state index in [0.717, 1.165) is 6.07 Å². The van der Waals surface area contributed by atoms with Crippen molar-refractivity contribution in [3.05, 3.63) is 26.2 Å². The van der Waals surface area contributed by atoms with E-state index in [0.29, 0.717) is 0 Å². The Bertz CT molecular complexity index is 488. The van der Waals surface area contributed by atoms with Crippen LogP contribution in [0.15, 0.2) is 11.0 Å². The van der Waals surface area contributed by atoms with Crippen LogP contribution >= 0.6 is 46.4 Å². The Balaban J connectivity index is 0.00000196. The van der Waals surface area contributed by atoms with Crippen molar-refractivity contribution in [3.63, 3.8) is 0 Å². The zero-order valence-electron chi connectivity index (χ0n) is 7.22. The van der Waals surface area contributed by atoms with E-state index in [1.165, 1.54) is 0 Å². The molecule has 0 unspecified atom stereocenters. The minimum atomic E-state index is -4.70. The molecule has 0 atom stereocenters. The van der Waals surface area contributed by atoms with Crippen molar-refractivity contribution in [2.24, 2.45) is 0 Å². The molecule has 0 bridgehead atoms. The maximum Gasteiger partial charge on any atom is 1.00 e. The molecule has 0 saturated heterocycles. The molecule has 0 saturated carbocycles. The molecule has 0 aromatic heterocycles. The van der Waals surface area contributed by atoms with Crippen LogP contribution < -0.4 is 29.6 Å². The summed E-state index contributed by atoms with van der Waals surface area (Å²) in [4.78, 5) is -0.682. The van der Waals surface area contributed by atoms with Gasteiger partial charge in [0, 0.05) is 0 Å². The van der Waals surface area contributed by atoms with Crippen LogP contribution in [0.1, 0.15) is 0 Å². The van der Waals surface area contributed by atoms with Gasteiger partial charge in [0.1, 0.15) is 10.1 Å². The second kappa shape index (κ2) is 5.76. The summed E-state index contributed by atoms with van der Waals surface area (Å²) in [6.07, 6.45) is 0. The first-order valence-electron chi connectivity index (χ1n) is 3.04. The first-order valence-corrected chi connectivity index (χ1v) is 5.96. The molecule has 78 valence electrons. The summed E-state index contributed by atoms with van der Waals surface area (Å²) in [5.41, 5.74) is 0. The van der Waals surface area contributed by atoms with Gasteiger partial charge in [0.05, 0.1) is 25.0 Å². The normalized spacial score (nSPS) is 11.0. The van der Waals surface area contributed by atoms with Gasteiger partial charge in [-0.3, -0.25) is 0 Å². The minimum absolute atomic E-state index is 0. The van der Waals surface area contributed by atoms with Gasteiger partial charge in [0.15, 0.2) is 0 Å². The van der Waals surface area contributed by atoms with Gasteiger partial charge >= 0.3 is 29.6 Å². The molecule has 0 spiro atoms. The van der Waals surface area contributed by atoms with E-state index in [9.17, 15) is 13.0 Å². The van der Waals surface area contributed by atoms with Gasteiger partial charge in [0.25, 0.3) is 0 Å². The smallest absolute Gasteiger partial charge is 0.744 e. The summed E-state index contributed by atoms with van der Waals surface area (Å²) < 4.78 is 32.0. The first kappa shape index (κ1) is 16.3. The van der Waals surface area contributed by atoms with Crippen molar-refractivity contribution in [2.75, 3.05) is 0 Å². The third kappa shape index (κ3) is 3.63. The first-order chi connectivity index (χ1) is 6.25. The van der Waals surface area contributed by atoms with Gasteiger partial charge in [-0.15, -0.1) is 0 Å². The van der Waals surface area contributed by atoms with Gasteiger partial charge in [-0.25, -0.2) is 8.42 Å². The SMILES string of the molecule is O=S(=O)([O-])c1cc(Cl)c(Cl)c(Cl)c1Cl.[Na+]. The van der Waals surface area contributed by atoms with Crippen LogP contribution in [0.2, 0.25) is 20.1 Å². The standard InChI is InChI=1S/C6H2Cl4O3S.Na/c7-2-1-3(14(11,12)13)5(9)6(10)4(2)8;/h1H,(H,11,12,13);/q;+1/p-1. The van der Waals surface area contributed by atoms with E-state index >= 15 is 0 Å². The molecule has 0 radical (unpaired) electrons. The third-order valence-corrected chi connectivity index (χ3v) is 4.06. The quantitative estimate of drug-likeness (QED) is 0.322. The molecule has 15 heavy (non-hydrogen) atoms. The third-order valence-electron chi connectivity index (χ3n) is 1.34. The summed E-state index contributed by atoms with van der Waals surface area (Å²) in [7, 11) is -4.70. The molecule has 3 nitrogen and oxygen atoms in total. The zero-order chi connectivity index (χ0) is 11.1. The molecule has 0 fully saturated rings. The second-order valence-corrected chi connectivity index (χ2v) is 5.14. The summed E-state index contributed by atoms with van der Waals surface area (Å²) in [5, 5.41) is -0.910. The number of halogens is 4. The summed E-state index contributed by atoms with van der Waals surface area (Å²) in [6, 6.07) is 0.862. The van der Waals surface area contributed by atoms with Gasteiger partial charge in [0.2, 0.25) is 0 Å². The van der Waals surface area contributed by atoms with Gasteiger partial charge in [-0.1, -0.05) is 46.4 Å². The van der Waals surface area contributed by atoms with E-state index in [1.54, 1.807) is 0 Å². The molecule has 1 aromatic rings. The van der Waals surface area contributed by atoms with Crippen LogP contribution in [0.5, 0.6) is 0 Å². The van der Waals surface area contributed by atoms with Crippen molar-refractivity contribution in [2.45, 2.75) is 4.90 Å². The van der Waals surface area contributed by atoms with Crippen LogP contribution in [0.25, 0.3) is 0 Å². The van der Waals surface area contributed by atoms with Crippen molar-refractivity contribution in [1.29, 1.82) is 0 Å². The minimum Gasteiger partial charge on any atom is -0.744 e. The van der Waals surface area contributed by atoms with Gasteiger partial charge < -0.3 is 4.55 Å². The predicted octanol–water partition coefficient (Wildman–Crippen LogP) is 0.208. The molecule has 0 amide bonds. The van der Waals surface area contributed by atoms with E-state index in [1.807, 2.05) is 0 Å². The number of hydrogen-bond donors (Lipinski definition) is 0. The van der Waals surface area contributed by atoms with E-state index < -0.39 is 20.0 Å². The predicted molar refractivity (Wildman–Crippen MR) is 54.4 cm³/mol. The maximum absolute atomic E-state index is 10.7. The molecule has 0 N–H and O–H groups in total. The zero-order valence-corrected chi connectivity index (χ0v) is 13.1. The van der Waals surface area contributed by atoms with Crippen LogP contribution in [-0.2, 0) is 10.1 Å². The number of hydrogen-bond acceptors (Lipinski definition) is 3. The molecule has 1 aromatic carbocycles. The molecule has 9 heteroatoms. The van der Waals surface area contributed by atoms with Crippen LogP contribution in [0, 0.1) is 0 Å². The molecule has 0 aliphatic rings. The van der Waals surface area contributed by atoms with Crippen LogP contribution in [-0.4, -0.2) is 13.0 Å². The fraction of sp³-hybridized carbons (Fsp3) is 0. The van der Waals surface area contributed by atoms with Gasteiger partial charge in [-0.05, 0) is 6.07 Å². The topological polar surface area (TPSA) is 57.2 Å². The molecular formula is C6HCl4NaO3S. The second-order valence-electron chi connectivity index (χ2n) is 2.25. The Labute approximate surface area is 129 Å². The average molecular weight is 318 g/mol. The largest absolute Gasteiger partial charge is 1.00 e. The van der Waals surface area contributed by atoms with Crippen molar-refractivity contribution >= 4 is 56.5 Å². The fourth-order valence-electron chi connectivity index (χ4n) is 0.733. The molecule has 0 aliphatic carbocycles. The van der Waals surface area contributed by atoms with Gasteiger partial charge in [-0.2, -0.15) is 0 Å². The van der Waals surface area contributed by atoms with Crippen LogP contribution in [0.4, 0.5) is 0 Å². The Morgan fingerprint density at radius 2 is 1.47 bits per heavy atom. The van der Waals surface area contributed by atoms with E-state index in [2.05, 4.69) is 0 Å². The summed E-state index contributed by atoms with van der Waals surface area (Å²) in [5.74, 6) is 0. The number of rotatable bonds is 1. The Morgan fingerprint density at radius 1 is 1.00 bits per heavy atom. The maximum atomic E-state index is 10.7. The van der Waals surface area contributed by atoms with Crippen molar-refractivity contribution in [1.82, 2.24) is 0 Å². The van der Waals surface area contributed by atoms with Crippen LogP contribution in [0.3, 0.4) is 0 Å². The van der Waals surface area contributed by atoms with E-state index in [-0.39, 0.29) is 44.6 Å². The Kier molecular flexibility index (Phi) is 6.25. The summed E-state index contributed by atoms with van der Waals surface area (Å²) >= 11 is 22.1. The average Bonchev–Trinajstić information content (AvgIpc) is 2.06. The van der Waals surface area contributed by atoms with Crippen molar-refractivity contribution in [3.8, 4) is 0 Å². The van der Waals surface area contributed by atoms with Crippen molar-refractivity contribution < 1.29 is 42.5 Å². The monoisotopic (exact) mass is 316 g/mol. The molecule has 0 aliphatic heterocycles. The fourth-order valence-corrected chi connectivity index (χ4v) is 2.52. The molecule has 1 rings (SSSR count).